The fourth-order valence-electron chi connectivity index (χ4n) is 0.604. The molecule has 7 heteroatoms. The first-order chi connectivity index (χ1) is 5.58. The van der Waals surface area contributed by atoms with Crippen molar-refractivity contribution in [1.82, 2.24) is 9.97 Å². The molecule has 0 aliphatic heterocycles. The third-order valence-corrected chi connectivity index (χ3v) is 0.952. The van der Waals surface area contributed by atoms with Crippen LogP contribution in [0.3, 0.4) is 0 Å². The first kappa shape index (κ1) is 8.18. The monoisotopic (exact) mass is 172 g/mol. The van der Waals surface area contributed by atoms with Gasteiger partial charge >= 0.3 is 6.03 Å². The molecule has 0 aliphatic rings. The second-order valence-corrected chi connectivity index (χ2v) is 1.91. The molecule has 0 saturated heterocycles. The van der Waals surface area contributed by atoms with Crippen LogP contribution in [0.1, 0.15) is 0 Å². The van der Waals surface area contributed by atoms with Gasteiger partial charge in [-0.05, 0) is 0 Å². The summed E-state index contributed by atoms with van der Waals surface area (Å²) < 4.78 is 12.4. The number of aromatic nitrogens is 2. The molecule has 1 aromatic rings. The van der Waals surface area contributed by atoms with Crippen LogP contribution in [0.2, 0.25) is 0 Å². The van der Waals surface area contributed by atoms with Gasteiger partial charge in [-0.3, -0.25) is 15.1 Å². The highest BCUT2D eigenvalue weighted by Gasteiger charge is 2.00. The number of amides is 2. The zero-order valence-electron chi connectivity index (χ0n) is 5.80. The van der Waals surface area contributed by atoms with E-state index in [0.717, 1.165) is 0 Å². The van der Waals surface area contributed by atoms with Crippen LogP contribution in [-0.4, -0.2) is 16.0 Å². The third kappa shape index (κ3) is 2.04. The summed E-state index contributed by atoms with van der Waals surface area (Å²) >= 11 is 0. The maximum absolute atomic E-state index is 12.4. The van der Waals surface area contributed by atoms with Crippen molar-refractivity contribution in [3.63, 3.8) is 0 Å². The minimum Gasteiger partial charge on any atom is -0.351 e. The number of urea groups is 1. The topological polar surface area (TPSA) is 101 Å². The molecule has 0 aliphatic carbocycles. The van der Waals surface area contributed by atoms with Crippen LogP contribution in [0, 0.1) is 5.95 Å². The van der Waals surface area contributed by atoms with Crippen LogP contribution in [0.15, 0.2) is 10.9 Å². The SMILES string of the molecule is NC(=O)Nc1nc(F)cc(=O)[nH]1. The quantitative estimate of drug-likeness (QED) is 0.493. The lowest BCUT2D eigenvalue weighted by Gasteiger charge is -1.97. The van der Waals surface area contributed by atoms with Crippen molar-refractivity contribution in [2.24, 2.45) is 5.73 Å². The van der Waals surface area contributed by atoms with Gasteiger partial charge in [0.1, 0.15) is 0 Å². The number of nitrogens with zero attached hydrogens (tertiary/aromatic N) is 1. The number of carbonyl (C=O) groups excluding carboxylic acids is 1. The number of hydrogen-bond acceptors (Lipinski definition) is 3. The highest BCUT2D eigenvalue weighted by molar-refractivity contribution is 5.85. The van der Waals surface area contributed by atoms with Crippen LogP contribution in [-0.2, 0) is 0 Å². The Kier molecular flexibility index (Phi) is 2.04. The molecule has 0 radical (unpaired) electrons. The lowest BCUT2D eigenvalue weighted by Crippen LogP contribution is -2.23. The predicted molar refractivity (Wildman–Crippen MR) is 38.0 cm³/mol. The Labute approximate surface area is 65.6 Å². The summed E-state index contributed by atoms with van der Waals surface area (Å²) in [7, 11) is 0. The first-order valence-corrected chi connectivity index (χ1v) is 2.91. The number of H-pyrrole nitrogens is 1. The maximum atomic E-state index is 12.4. The molecule has 64 valence electrons. The second kappa shape index (κ2) is 2.99. The van der Waals surface area contributed by atoms with Gasteiger partial charge in [-0.15, -0.1) is 0 Å². The molecule has 1 rings (SSSR count). The zero-order valence-corrected chi connectivity index (χ0v) is 5.80. The highest BCUT2D eigenvalue weighted by Crippen LogP contribution is 1.93. The lowest BCUT2D eigenvalue weighted by molar-refractivity contribution is 0.259. The van der Waals surface area contributed by atoms with E-state index in [9.17, 15) is 14.0 Å². The Morgan fingerprint density at radius 1 is 1.75 bits per heavy atom. The Morgan fingerprint density at radius 2 is 2.42 bits per heavy atom. The summed E-state index contributed by atoms with van der Waals surface area (Å²) in [6, 6.07) is -0.282. The van der Waals surface area contributed by atoms with Crippen LogP contribution in [0.5, 0.6) is 0 Å². The first-order valence-electron chi connectivity index (χ1n) is 2.91. The molecule has 0 bridgehead atoms. The molecule has 0 aromatic carbocycles. The van der Waals surface area contributed by atoms with Gasteiger partial charge in [0, 0.05) is 0 Å². The van der Waals surface area contributed by atoms with Gasteiger partial charge in [0.2, 0.25) is 11.9 Å². The van der Waals surface area contributed by atoms with E-state index < -0.39 is 17.5 Å². The van der Waals surface area contributed by atoms with E-state index in [-0.39, 0.29) is 5.95 Å². The van der Waals surface area contributed by atoms with E-state index in [4.69, 9.17) is 5.73 Å². The summed E-state index contributed by atoms with van der Waals surface area (Å²) in [4.78, 5) is 26.0. The fourth-order valence-corrected chi connectivity index (χ4v) is 0.604. The van der Waals surface area contributed by atoms with E-state index in [0.29, 0.717) is 6.07 Å². The number of anilines is 1. The fraction of sp³-hybridized carbons (Fsp3) is 0. The number of primary amides is 1. The molecule has 0 saturated carbocycles. The number of nitrogens with one attached hydrogen (secondary N) is 2. The van der Waals surface area contributed by atoms with Crippen molar-refractivity contribution in [3.05, 3.63) is 22.4 Å². The molecule has 0 atom stereocenters. The van der Waals surface area contributed by atoms with E-state index >= 15 is 0 Å². The molecule has 2 amide bonds. The smallest absolute Gasteiger partial charge is 0.318 e. The normalized spacial score (nSPS) is 9.42. The van der Waals surface area contributed by atoms with E-state index in [1.165, 1.54) is 0 Å². The molecule has 6 nitrogen and oxygen atoms in total. The molecule has 1 aromatic heterocycles. The standard InChI is InChI=1S/C5H5FN4O2/c6-2-1-3(11)9-5(8-2)10-4(7)12/h1H,(H4,7,8,9,10,11,12). The molecule has 0 unspecified atom stereocenters. The Morgan fingerprint density at radius 3 is 2.92 bits per heavy atom. The van der Waals surface area contributed by atoms with Gasteiger partial charge in [-0.1, -0.05) is 0 Å². The zero-order chi connectivity index (χ0) is 9.14. The second-order valence-electron chi connectivity index (χ2n) is 1.91. The minimum absolute atomic E-state index is 0.312. The summed E-state index contributed by atoms with van der Waals surface area (Å²) in [5.74, 6) is -1.30. The molecular weight excluding hydrogens is 167 g/mol. The number of aromatic amines is 1. The summed E-state index contributed by atoms with van der Waals surface area (Å²) in [6.07, 6.45) is 0. The van der Waals surface area contributed by atoms with Crippen molar-refractivity contribution in [2.75, 3.05) is 5.32 Å². The molecule has 12 heavy (non-hydrogen) atoms. The van der Waals surface area contributed by atoms with Crippen LogP contribution in [0.4, 0.5) is 15.1 Å². The average molecular weight is 172 g/mol. The molecule has 1 heterocycles. The Balaban J connectivity index is 3.01. The van der Waals surface area contributed by atoms with Crippen LogP contribution in [0.25, 0.3) is 0 Å². The predicted octanol–water partition coefficient (Wildman–Crippen LogP) is -0.600. The summed E-state index contributed by atoms with van der Waals surface area (Å²) in [5, 5.41) is 1.92. The average Bonchev–Trinajstić information content (AvgIpc) is 1.81. The van der Waals surface area contributed by atoms with Crippen molar-refractivity contribution in [1.29, 1.82) is 0 Å². The van der Waals surface area contributed by atoms with Gasteiger partial charge < -0.3 is 5.73 Å². The summed E-state index contributed by atoms with van der Waals surface area (Å²) in [5.41, 5.74) is 3.99. The van der Waals surface area contributed by atoms with Gasteiger partial charge in [-0.25, -0.2) is 4.79 Å². The van der Waals surface area contributed by atoms with Crippen molar-refractivity contribution in [2.45, 2.75) is 0 Å². The largest absolute Gasteiger partial charge is 0.351 e. The van der Waals surface area contributed by atoms with Gasteiger partial charge in [-0.2, -0.15) is 9.37 Å². The van der Waals surface area contributed by atoms with E-state index in [2.05, 4.69) is 9.97 Å². The van der Waals surface area contributed by atoms with E-state index in [1.807, 2.05) is 5.32 Å². The van der Waals surface area contributed by atoms with Crippen molar-refractivity contribution < 1.29 is 9.18 Å². The number of halogens is 1. The van der Waals surface area contributed by atoms with Crippen molar-refractivity contribution in [3.8, 4) is 0 Å². The Bertz CT molecular complexity index is 361. The van der Waals surface area contributed by atoms with Gasteiger partial charge in [0.25, 0.3) is 5.56 Å². The minimum atomic E-state index is -0.984. The van der Waals surface area contributed by atoms with Crippen LogP contribution < -0.4 is 16.6 Å². The molecular formula is C5H5FN4O2. The lowest BCUT2D eigenvalue weighted by atomic mass is 10.6. The number of hydrogen-bond donors (Lipinski definition) is 3. The molecule has 4 N–H and O–H groups in total. The maximum Gasteiger partial charge on any atom is 0.318 e. The Hall–Kier alpha value is -1.92. The third-order valence-electron chi connectivity index (χ3n) is 0.952. The number of nitrogens with two attached hydrogens (primary N) is 1. The van der Waals surface area contributed by atoms with Gasteiger partial charge in [0.15, 0.2) is 0 Å². The number of carbonyl (C=O) groups is 1. The highest BCUT2D eigenvalue weighted by atomic mass is 19.1. The number of rotatable bonds is 1. The molecule has 0 spiro atoms. The van der Waals surface area contributed by atoms with E-state index in [1.54, 1.807) is 0 Å². The molecule has 0 fully saturated rings. The summed E-state index contributed by atoms with van der Waals surface area (Å²) in [6.45, 7) is 0. The van der Waals surface area contributed by atoms with Gasteiger partial charge in [0.05, 0.1) is 6.07 Å². The van der Waals surface area contributed by atoms with Crippen LogP contribution >= 0.6 is 0 Å². The van der Waals surface area contributed by atoms with Crippen molar-refractivity contribution >= 4 is 12.0 Å².